The monoisotopic (exact) mass is 335 g/mol. The molecule has 2 aromatic rings. The first kappa shape index (κ1) is 14.7. The van der Waals surface area contributed by atoms with Crippen LogP contribution >= 0.6 is 15.9 Å². The highest BCUT2D eigenvalue weighted by Crippen LogP contribution is 2.25. The molecule has 0 radical (unpaired) electrons. The Morgan fingerprint density at radius 2 is 2.15 bits per heavy atom. The first-order valence-corrected chi connectivity index (χ1v) is 7.17. The molecule has 1 aromatic carbocycles. The third kappa shape index (κ3) is 3.68. The number of hydrogen-bond acceptors (Lipinski definition) is 5. The van der Waals surface area contributed by atoms with Crippen LogP contribution in [0.2, 0.25) is 0 Å². The van der Waals surface area contributed by atoms with E-state index in [1.807, 2.05) is 49.2 Å². The van der Waals surface area contributed by atoms with E-state index in [0.29, 0.717) is 6.54 Å². The highest BCUT2D eigenvalue weighted by molar-refractivity contribution is 9.10. The highest BCUT2D eigenvalue weighted by atomic mass is 79.9. The zero-order valence-electron chi connectivity index (χ0n) is 11.5. The number of halogens is 1. The minimum absolute atomic E-state index is 0.175. The lowest BCUT2D eigenvalue weighted by molar-refractivity contribution is 0.797. The number of aromatic nitrogens is 2. The molecule has 0 bridgehead atoms. The van der Waals surface area contributed by atoms with Crippen LogP contribution in [0.5, 0.6) is 0 Å². The summed E-state index contributed by atoms with van der Waals surface area (Å²) in [5.74, 6) is 1.60. The third-order valence-electron chi connectivity index (χ3n) is 2.94. The lowest BCUT2D eigenvalue weighted by atomic mass is 10.3. The summed E-state index contributed by atoms with van der Waals surface area (Å²) >= 11 is 3.47. The fraction of sp³-hybridized carbons (Fsp3) is 0.286. The Morgan fingerprint density at radius 1 is 1.35 bits per heavy atom. The zero-order chi connectivity index (χ0) is 14.5. The summed E-state index contributed by atoms with van der Waals surface area (Å²) in [6.45, 7) is 2.57. The molecule has 0 saturated heterocycles. The lowest BCUT2D eigenvalue weighted by Gasteiger charge is -2.19. The van der Waals surface area contributed by atoms with Crippen molar-refractivity contribution in [2.75, 3.05) is 23.8 Å². The molecule has 1 heterocycles. The first-order chi connectivity index (χ1) is 9.60. The molecule has 0 fully saturated rings. The Kier molecular flexibility index (Phi) is 4.92. The van der Waals surface area contributed by atoms with Crippen molar-refractivity contribution in [2.24, 2.45) is 5.73 Å². The van der Waals surface area contributed by atoms with Gasteiger partial charge in [0.15, 0.2) is 0 Å². The average molecular weight is 336 g/mol. The SMILES string of the molecule is CC(CN)Nc1cc(N(C)c2cccc(Br)c2)ncn1. The van der Waals surface area contributed by atoms with Crippen molar-refractivity contribution in [3.05, 3.63) is 41.1 Å². The average Bonchev–Trinajstić information content (AvgIpc) is 2.46. The number of hydrogen-bond donors (Lipinski definition) is 2. The lowest BCUT2D eigenvalue weighted by Crippen LogP contribution is -2.25. The molecular formula is C14H18BrN5. The number of anilines is 3. The molecule has 0 saturated carbocycles. The van der Waals surface area contributed by atoms with Gasteiger partial charge < -0.3 is 16.0 Å². The second kappa shape index (κ2) is 6.67. The second-order valence-corrected chi connectivity index (χ2v) is 5.50. The van der Waals surface area contributed by atoms with Crippen LogP contribution in [0.3, 0.4) is 0 Å². The minimum Gasteiger partial charge on any atom is -0.366 e. The van der Waals surface area contributed by atoms with Crippen LogP contribution in [-0.4, -0.2) is 29.6 Å². The Labute approximate surface area is 127 Å². The quantitative estimate of drug-likeness (QED) is 0.879. The maximum Gasteiger partial charge on any atom is 0.138 e. The summed E-state index contributed by atoms with van der Waals surface area (Å²) in [7, 11) is 1.97. The maximum atomic E-state index is 5.60. The van der Waals surface area contributed by atoms with Gasteiger partial charge in [0.2, 0.25) is 0 Å². The molecule has 5 nitrogen and oxygen atoms in total. The molecule has 1 unspecified atom stereocenters. The van der Waals surface area contributed by atoms with Gasteiger partial charge >= 0.3 is 0 Å². The van der Waals surface area contributed by atoms with E-state index in [4.69, 9.17) is 5.73 Å². The van der Waals surface area contributed by atoms with E-state index in [2.05, 4.69) is 31.2 Å². The van der Waals surface area contributed by atoms with Crippen molar-refractivity contribution < 1.29 is 0 Å². The predicted octanol–water partition coefficient (Wildman–Crippen LogP) is 2.77. The van der Waals surface area contributed by atoms with Gasteiger partial charge in [-0.3, -0.25) is 0 Å². The van der Waals surface area contributed by atoms with Crippen molar-refractivity contribution in [2.45, 2.75) is 13.0 Å². The van der Waals surface area contributed by atoms with E-state index in [9.17, 15) is 0 Å². The molecule has 106 valence electrons. The summed E-state index contributed by atoms with van der Waals surface area (Å²) in [4.78, 5) is 10.5. The topological polar surface area (TPSA) is 67.1 Å². The Morgan fingerprint density at radius 3 is 2.85 bits per heavy atom. The van der Waals surface area contributed by atoms with E-state index in [0.717, 1.165) is 21.8 Å². The summed E-state index contributed by atoms with van der Waals surface area (Å²) in [5, 5.41) is 3.24. The van der Waals surface area contributed by atoms with Crippen LogP contribution < -0.4 is 16.0 Å². The number of nitrogens with one attached hydrogen (secondary N) is 1. The van der Waals surface area contributed by atoms with Crippen molar-refractivity contribution in [3.63, 3.8) is 0 Å². The molecule has 1 atom stereocenters. The van der Waals surface area contributed by atoms with Gasteiger partial charge in [0.05, 0.1) is 0 Å². The molecule has 0 aliphatic heterocycles. The molecule has 0 aliphatic rings. The van der Waals surface area contributed by atoms with E-state index in [1.54, 1.807) is 6.33 Å². The fourth-order valence-electron chi connectivity index (χ4n) is 1.74. The van der Waals surface area contributed by atoms with Crippen LogP contribution in [0, 0.1) is 0 Å². The van der Waals surface area contributed by atoms with Gasteiger partial charge in [-0.15, -0.1) is 0 Å². The predicted molar refractivity (Wildman–Crippen MR) is 86.4 cm³/mol. The Balaban J connectivity index is 2.22. The number of benzene rings is 1. The van der Waals surface area contributed by atoms with E-state index >= 15 is 0 Å². The van der Waals surface area contributed by atoms with Crippen molar-refractivity contribution in [1.82, 2.24) is 9.97 Å². The van der Waals surface area contributed by atoms with Gasteiger partial charge in [-0.2, -0.15) is 0 Å². The summed E-state index contributed by atoms with van der Waals surface area (Å²) in [6, 6.07) is 10.1. The largest absolute Gasteiger partial charge is 0.366 e. The van der Waals surface area contributed by atoms with Gasteiger partial charge in [-0.25, -0.2) is 9.97 Å². The van der Waals surface area contributed by atoms with Gasteiger partial charge in [0.1, 0.15) is 18.0 Å². The molecule has 0 spiro atoms. The fourth-order valence-corrected chi connectivity index (χ4v) is 2.12. The molecular weight excluding hydrogens is 318 g/mol. The molecule has 1 aromatic heterocycles. The molecule has 2 rings (SSSR count). The van der Waals surface area contributed by atoms with E-state index in [1.165, 1.54) is 0 Å². The first-order valence-electron chi connectivity index (χ1n) is 6.38. The van der Waals surface area contributed by atoms with Gasteiger partial charge in [-0.05, 0) is 25.1 Å². The highest BCUT2D eigenvalue weighted by Gasteiger charge is 2.08. The standard InChI is InChI=1S/C14H18BrN5/c1-10(8-16)19-13-7-14(18-9-17-13)20(2)12-5-3-4-11(15)6-12/h3-7,9-10H,8,16H2,1-2H3,(H,17,18,19). The van der Waals surface area contributed by atoms with Crippen LogP contribution in [0.15, 0.2) is 41.1 Å². The summed E-state index contributed by atoms with van der Waals surface area (Å²) < 4.78 is 1.03. The molecule has 0 amide bonds. The normalized spacial score (nSPS) is 12.0. The molecule has 3 N–H and O–H groups in total. The van der Waals surface area contributed by atoms with Crippen molar-refractivity contribution in [3.8, 4) is 0 Å². The van der Waals surface area contributed by atoms with Gasteiger partial charge in [0.25, 0.3) is 0 Å². The van der Waals surface area contributed by atoms with Crippen LogP contribution in [0.25, 0.3) is 0 Å². The zero-order valence-corrected chi connectivity index (χ0v) is 13.1. The van der Waals surface area contributed by atoms with Crippen LogP contribution in [-0.2, 0) is 0 Å². The molecule has 20 heavy (non-hydrogen) atoms. The van der Waals surface area contributed by atoms with Gasteiger partial charge in [-0.1, -0.05) is 22.0 Å². The third-order valence-corrected chi connectivity index (χ3v) is 3.43. The van der Waals surface area contributed by atoms with Crippen molar-refractivity contribution in [1.29, 1.82) is 0 Å². The summed E-state index contributed by atoms with van der Waals surface area (Å²) in [5.41, 5.74) is 6.66. The maximum absolute atomic E-state index is 5.60. The van der Waals surface area contributed by atoms with Crippen molar-refractivity contribution >= 4 is 33.3 Å². The summed E-state index contributed by atoms with van der Waals surface area (Å²) in [6.07, 6.45) is 1.55. The minimum atomic E-state index is 0.175. The number of nitrogens with two attached hydrogens (primary N) is 1. The molecule has 6 heteroatoms. The van der Waals surface area contributed by atoms with E-state index < -0.39 is 0 Å². The Hall–Kier alpha value is -1.66. The second-order valence-electron chi connectivity index (χ2n) is 4.58. The Bertz CT molecular complexity index is 575. The number of rotatable bonds is 5. The van der Waals surface area contributed by atoms with E-state index in [-0.39, 0.29) is 6.04 Å². The van der Waals surface area contributed by atoms with Gasteiger partial charge in [0, 0.05) is 35.9 Å². The smallest absolute Gasteiger partial charge is 0.138 e. The number of nitrogens with zero attached hydrogens (tertiary/aromatic N) is 3. The van der Waals surface area contributed by atoms with Crippen LogP contribution in [0.1, 0.15) is 6.92 Å². The van der Waals surface area contributed by atoms with Crippen LogP contribution in [0.4, 0.5) is 17.3 Å². The molecule has 0 aliphatic carbocycles.